The van der Waals surface area contributed by atoms with Gasteiger partial charge in [-0.05, 0) is 44.1 Å². The second kappa shape index (κ2) is 8.29. The first kappa shape index (κ1) is 17.7. The number of allylic oxidation sites excluding steroid dienone is 1. The van der Waals surface area contributed by atoms with Gasteiger partial charge in [0.2, 0.25) is 5.95 Å². The van der Waals surface area contributed by atoms with Crippen LogP contribution in [-0.4, -0.2) is 39.8 Å². The van der Waals surface area contributed by atoms with Crippen molar-refractivity contribution >= 4 is 27.8 Å². The minimum atomic E-state index is -0.566. The van der Waals surface area contributed by atoms with Gasteiger partial charge in [-0.2, -0.15) is 0 Å². The van der Waals surface area contributed by atoms with Crippen LogP contribution in [0.4, 0.5) is 5.95 Å². The average molecular weight is 397 g/mol. The predicted octanol–water partition coefficient (Wildman–Crippen LogP) is 1.11. The van der Waals surface area contributed by atoms with E-state index < -0.39 is 5.91 Å². The highest BCUT2D eigenvalue weighted by Gasteiger charge is 2.13. The second-order valence-corrected chi connectivity index (χ2v) is 5.55. The zero-order valence-corrected chi connectivity index (χ0v) is 14.6. The number of primary amides is 1. The molecule has 0 saturated heterocycles. The van der Waals surface area contributed by atoms with Crippen molar-refractivity contribution in [2.45, 2.75) is 13.1 Å². The standard InChI is InChI=1S/C14H17BrN6O3/c1-3-4-21-14(18-19-20-21)17-7-9-5-10(15)13(11(6-9)23-2)24-8-12(16)22/h3,5-6H,1,4,7-8H2,2H3,(H2,16,22)(H,17,18,20). The molecule has 0 radical (unpaired) electrons. The van der Waals surface area contributed by atoms with E-state index in [0.29, 0.717) is 35.0 Å². The number of amides is 1. The maximum atomic E-state index is 10.9. The Morgan fingerprint density at radius 1 is 1.54 bits per heavy atom. The van der Waals surface area contributed by atoms with Crippen LogP contribution in [0, 0.1) is 0 Å². The zero-order valence-electron chi connectivity index (χ0n) is 13.0. The summed E-state index contributed by atoms with van der Waals surface area (Å²) in [5.41, 5.74) is 6.00. The lowest BCUT2D eigenvalue weighted by Gasteiger charge is -2.14. The van der Waals surface area contributed by atoms with Gasteiger partial charge in [0.25, 0.3) is 5.91 Å². The maximum Gasteiger partial charge on any atom is 0.255 e. The number of aromatic nitrogens is 4. The minimum absolute atomic E-state index is 0.233. The number of carbonyl (C=O) groups excluding carboxylic acids is 1. The number of rotatable bonds is 9. The molecule has 0 spiro atoms. The van der Waals surface area contributed by atoms with Crippen LogP contribution in [0.1, 0.15) is 5.56 Å². The summed E-state index contributed by atoms with van der Waals surface area (Å²) < 4.78 is 12.9. The number of nitrogens with one attached hydrogen (secondary N) is 1. The molecular weight excluding hydrogens is 380 g/mol. The topological polar surface area (TPSA) is 117 Å². The van der Waals surface area contributed by atoms with E-state index in [-0.39, 0.29) is 6.61 Å². The predicted molar refractivity (Wildman–Crippen MR) is 90.7 cm³/mol. The molecule has 24 heavy (non-hydrogen) atoms. The molecule has 0 fully saturated rings. The number of methoxy groups -OCH3 is 1. The summed E-state index contributed by atoms with van der Waals surface area (Å²) in [6.45, 7) is 4.38. The largest absolute Gasteiger partial charge is 0.493 e. The highest BCUT2D eigenvalue weighted by Crippen LogP contribution is 2.36. The third kappa shape index (κ3) is 4.44. The van der Waals surface area contributed by atoms with Crippen molar-refractivity contribution in [1.29, 1.82) is 0 Å². The Morgan fingerprint density at radius 2 is 2.33 bits per heavy atom. The summed E-state index contributed by atoms with van der Waals surface area (Å²) in [7, 11) is 1.51. The molecule has 128 valence electrons. The number of nitrogens with two attached hydrogens (primary N) is 1. The van der Waals surface area contributed by atoms with Crippen LogP contribution in [0.15, 0.2) is 29.3 Å². The molecule has 0 saturated carbocycles. The molecule has 0 atom stereocenters. The lowest BCUT2D eigenvalue weighted by molar-refractivity contribution is -0.119. The Kier molecular flexibility index (Phi) is 6.13. The third-order valence-corrected chi connectivity index (χ3v) is 3.52. The van der Waals surface area contributed by atoms with Crippen molar-refractivity contribution < 1.29 is 14.3 Å². The van der Waals surface area contributed by atoms with Crippen molar-refractivity contribution in [3.05, 3.63) is 34.8 Å². The molecule has 0 aliphatic rings. The Morgan fingerprint density at radius 3 is 3.00 bits per heavy atom. The summed E-state index contributed by atoms with van der Waals surface area (Å²) in [4.78, 5) is 10.9. The normalized spacial score (nSPS) is 10.2. The van der Waals surface area contributed by atoms with Gasteiger partial charge in [0.1, 0.15) is 0 Å². The van der Waals surface area contributed by atoms with E-state index in [0.717, 1.165) is 5.56 Å². The van der Waals surface area contributed by atoms with Gasteiger partial charge in [-0.25, -0.2) is 4.68 Å². The molecule has 0 bridgehead atoms. The van der Waals surface area contributed by atoms with Gasteiger partial charge in [-0.1, -0.05) is 11.2 Å². The molecule has 2 rings (SSSR count). The second-order valence-electron chi connectivity index (χ2n) is 4.69. The fourth-order valence-electron chi connectivity index (χ4n) is 1.92. The van der Waals surface area contributed by atoms with Gasteiger partial charge in [-0.15, -0.1) is 6.58 Å². The van der Waals surface area contributed by atoms with Crippen LogP contribution < -0.4 is 20.5 Å². The van der Waals surface area contributed by atoms with Gasteiger partial charge < -0.3 is 20.5 Å². The molecule has 2 aromatic rings. The van der Waals surface area contributed by atoms with Gasteiger partial charge in [0.05, 0.1) is 18.1 Å². The number of hydrogen-bond acceptors (Lipinski definition) is 7. The van der Waals surface area contributed by atoms with Crippen molar-refractivity contribution in [2.75, 3.05) is 19.0 Å². The number of nitrogens with zero attached hydrogens (tertiary/aromatic N) is 4. The van der Waals surface area contributed by atoms with Crippen LogP contribution >= 0.6 is 15.9 Å². The number of benzene rings is 1. The molecule has 1 amide bonds. The molecule has 1 aromatic heterocycles. The van der Waals surface area contributed by atoms with E-state index in [4.69, 9.17) is 15.2 Å². The maximum absolute atomic E-state index is 10.9. The van der Waals surface area contributed by atoms with Crippen LogP contribution in [0.25, 0.3) is 0 Å². The fourth-order valence-corrected chi connectivity index (χ4v) is 2.52. The first-order valence-corrected chi connectivity index (χ1v) is 7.73. The van der Waals surface area contributed by atoms with E-state index in [1.807, 2.05) is 6.07 Å². The monoisotopic (exact) mass is 396 g/mol. The molecule has 0 unspecified atom stereocenters. The smallest absolute Gasteiger partial charge is 0.255 e. The molecule has 0 aliphatic carbocycles. The van der Waals surface area contributed by atoms with E-state index in [2.05, 4.69) is 43.4 Å². The molecular formula is C14H17BrN6O3. The molecule has 0 aliphatic heterocycles. The Bertz CT molecular complexity index is 733. The summed E-state index contributed by atoms with van der Waals surface area (Å²) in [6, 6.07) is 3.63. The van der Waals surface area contributed by atoms with E-state index in [1.165, 1.54) is 7.11 Å². The minimum Gasteiger partial charge on any atom is -0.493 e. The highest BCUT2D eigenvalue weighted by molar-refractivity contribution is 9.10. The van der Waals surface area contributed by atoms with Gasteiger partial charge in [0, 0.05) is 6.54 Å². The quantitative estimate of drug-likeness (QED) is 0.609. The Labute approximate surface area is 146 Å². The number of carbonyl (C=O) groups is 1. The van der Waals surface area contributed by atoms with Gasteiger partial charge in [0.15, 0.2) is 18.1 Å². The van der Waals surface area contributed by atoms with Crippen LogP contribution in [-0.2, 0) is 17.9 Å². The van der Waals surface area contributed by atoms with Gasteiger partial charge >= 0.3 is 0 Å². The average Bonchev–Trinajstić information content (AvgIpc) is 2.98. The first-order chi connectivity index (χ1) is 11.5. The number of ether oxygens (including phenoxy) is 2. The van der Waals surface area contributed by atoms with Crippen LogP contribution in [0.2, 0.25) is 0 Å². The summed E-state index contributed by atoms with van der Waals surface area (Å²) in [5, 5.41) is 14.5. The zero-order chi connectivity index (χ0) is 17.5. The van der Waals surface area contributed by atoms with Crippen molar-refractivity contribution in [1.82, 2.24) is 20.2 Å². The van der Waals surface area contributed by atoms with E-state index in [1.54, 1.807) is 16.8 Å². The van der Waals surface area contributed by atoms with Crippen molar-refractivity contribution in [3.8, 4) is 11.5 Å². The fraction of sp³-hybridized carbons (Fsp3) is 0.286. The Hall–Kier alpha value is -2.62. The summed E-state index contributed by atoms with van der Waals surface area (Å²) in [5.74, 6) is 0.854. The third-order valence-electron chi connectivity index (χ3n) is 2.93. The number of tetrazole rings is 1. The summed E-state index contributed by atoms with van der Waals surface area (Å²) >= 11 is 3.40. The number of hydrogen-bond donors (Lipinski definition) is 2. The van der Waals surface area contributed by atoms with Crippen LogP contribution in [0.3, 0.4) is 0 Å². The van der Waals surface area contributed by atoms with Crippen LogP contribution in [0.5, 0.6) is 11.5 Å². The number of anilines is 1. The van der Waals surface area contributed by atoms with Crippen molar-refractivity contribution in [2.24, 2.45) is 5.73 Å². The van der Waals surface area contributed by atoms with Crippen molar-refractivity contribution in [3.63, 3.8) is 0 Å². The highest BCUT2D eigenvalue weighted by atomic mass is 79.9. The first-order valence-electron chi connectivity index (χ1n) is 6.93. The van der Waals surface area contributed by atoms with E-state index >= 15 is 0 Å². The Balaban J connectivity index is 2.13. The number of halogens is 1. The lowest BCUT2D eigenvalue weighted by Crippen LogP contribution is -2.20. The lowest BCUT2D eigenvalue weighted by atomic mass is 10.2. The van der Waals surface area contributed by atoms with E-state index in [9.17, 15) is 4.79 Å². The molecule has 1 heterocycles. The van der Waals surface area contributed by atoms with Gasteiger partial charge in [-0.3, -0.25) is 4.79 Å². The SMILES string of the molecule is C=CCn1nnnc1NCc1cc(Br)c(OCC(N)=O)c(OC)c1. The molecule has 1 aromatic carbocycles. The summed E-state index contributed by atoms with van der Waals surface area (Å²) in [6.07, 6.45) is 1.70. The molecule has 10 heteroatoms. The molecule has 3 N–H and O–H groups in total. The molecule has 9 nitrogen and oxygen atoms in total.